The summed E-state index contributed by atoms with van der Waals surface area (Å²) in [6, 6.07) is 16.4. The van der Waals surface area contributed by atoms with Gasteiger partial charge in [0.2, 0.25) is 5.91 Å². The van der Waals surface area contributed by atoms with Crippen LogP contribution in [0.2, 0.25) is 5.02 Å². The van der Waals surface area contributed by atoms with Gasteiger partial charge in [0.1, 0.15) is 0 Å². The monoisotopic (exact) mass is 537 g/mol. The molecule has 2 aromatic rings. The number of fused-ring (bicyclic) bond motifs is 1. The van der Waals surface area contributed by atoms with Gasteiger partial charge in [-0.25, -0.2) is 9.79 Å². The predicted molar refractivity (Wildman–Crippen MR) is 146 cm³/mol. The van der Waals surface area contributed by atoms with E-state index in [1.54, 1.807) is 13.0 Å². The van der Waals surface area contributed by atoms with Crippen molar-refractivity contribution in [1.29, 1.82) is 0 Å². The Bertz CT molecular complexity index is 1270. The Kier molecular flexibility index (Phi) is 7.98. The number of hydrogen-bond donors (Lipinski definition) is 1. The number of amides is 1. The largest absolute Gasteiger partial charge is 0.463 e. The topological polar surface area (TPSA) is 80.2 Å². The van der Waals surface area contributed by atoms with Crippen molar-refractivity contribution in [2.75, 3.05) is 19.8 Å². The van der Waals surface area contributed by atoms with E-state index in [9.17, 15) is 9.59 Å². The molecule has 1 fully saturated rings. The number of hydrogen-bond acceptors (Lipinski definition) is 7. The Morgan fingerprint density at radius 2 is 1.97 bits per heavy atom. The van der Waals surface area contributed by atoms with Crippen molar-refractivity contribution in [1.82, 2.24) is 10.2 Å². The quantitative estimate of drug-likeness (QED) is 0.460. The molecule has 192 valence electrons. The minimum Gasteiger partial charge on any atom is -0.463 e. The van der Waals surface area contributed by atoms with E-state index in [0.717, 1.165) is 36.3 Å². The lowest BCUT2D eigenvalue weighted by Gasteiger charge is -2.37. The van der Waals surface area contributed by atoms with Gasteiger partial charge in [-0.15, -0.1) is 0 Å². The Hall–Kier alpha value is -3.07. The number of nitrogens with zero attached hydrogens (tertiary/aromatic N) is 2. The van der Waals surface area contributed by atoms with Crippen molar-refractivity contribution in [3.8, 4) is 0 Å². The van der Waals surface area contributed by atoms with E-state index in [1.807, 2.05) is 58.8 Å². The number of carbonyl (C=O) groups excluding carboxylic acids is 2. The summed E-state index contributed by atoms with van der Waals surface area (Å²) >= 11 is 8.13. The summed E-state index contributed by atoms with van der Waals surface area (Å²) in [5, 5.41) is 6.11. The zero-order valence-corrected chi connectivity index (χ0v) is 22.1. The summed E-state index contributed by atoms with van der Waals surface area (Å²) in [6.07, 6.45) is 2.16. The number of amidine groups is 1. The lowest BCUT2D eigenvalue weighted by Crippen LogP contribution is -2.39. The normalized spacial score (nSPS) is 20.9. The number of esters is 1. The standard InChI is InChI=1S/C28H28ClN3O4S/c1-2-35-27(34)24-25(18-9-4-3-5-10-18)31-28-32(26(24)21-12-6-7-13-22(21)29)19(17-37-28)15-23(33)30-16-20-11-8-14-36-20/h3-7,9-10,12-13,17,20,26H,2,8,11,14-16H2,1H3,(H,30,33)/t20-,26-/m0/s1. The maximum absolute atomic E-state index is 13.5. The maximum atomic E-state index is 13.5. The molecule has 3 aliphatic rings. The van der Waals surface area contributed by atoms with Crippen molar-refractivity contribution < 1.29 is 19.1 Å². The lowest BCUT2D eigenvalue weighted by atomic mass is 9.91. The number of aliphatic imine (C=N–C) groups is 1. The third-order valence-corrected chi connectivity index (χ3v) is 7.68. The highest BCUT2D eigenvalue weighted by atomic mass is 35.5. The van der Waals surface area contributed by atoms with E-state index in [2.05, 4.69) is 5.32 Å². The van der Waals surface area contributed by atoms with Crippen molar-refractivity contribution in [2.45, 2.75) is 38.3 Å². The molecule has 0 aromatic heterocycles. The van der Waals surface area contributed by atoms with Crippen LogP contribution in [0.4, 0.5) is 0 Å². The van der Waals surface area contributed by atoms with Crippen molar-refractivity contribution in [3.63, 3.8) is 0 Å². The van der Waals surface area contributed by atoms with Crippen LogP contribution < -0.4 is 5.32 Å². The Morgan fingerprint density at radius 1 is 1.19 bits per heavy atom. The first-order chi connectivity index (χ1) is 18.1. The van der Waals surface area contributed by atoms with Gasteiger partial charge >= 0.3 is 5.97 Å². The molecule has 37 heavy (non-hydrogen) atoms. The van der Waals surface area contributed by atoms with Gasteiger partial charge in [-0.1, -0.05) is 71.9 Å². The summed E-state index contributed by atoms with van der Waals surface area (Å²) in [5.41, 5.74) is 3.21. The molecule has 0 saturated carbocycles. The van der Waals surface area contributed by atoms with Crippen LogP contribution in [0.25, 0.3) is 5.70 Å². The molecule has 2 aromatic carbocycles. The average Bonchev–Trinajstić information content (AvgIpc) is 3.58. The first-order valence-electron chi connectivity index (χ1n) is 12.4. The Balaban J connectivity index is 1.54. The summed E-state index contributed by atoms with van der Waals surface area (Å²) in [7, 11) is 0. The SMILES string of the molecule is CCOC(=O)C1=C(c2ccccc2)N=C2SC=C(CC(=O)NC[C@@H]3CCCO3)N2[C@H]1c1ccccc1Cl. The zero-order valence-electron chi connectivity index (χ0n) is 20.5. The fourth-order valence-electron chi connectivity index (χ4n) is 4.74. The fourth-order valence-corrected chi connectivity index (χ4v) is 5.90. The first kappa shape index (κ1) is 25.6. The number of nitrogens with one attached hydrogen (secondary N) is 1. The molecule has 0 bridgehead atoms. The van der Waals surface area contributed by atoms with Gasteiger partial charge in [0, 0.05) is 29.4 Å². The molecule has 2 atom stereocenters. The molecule has 1 amide bonds. The van der Waals surface area contributed by atoms with Gasteiger partial charge in [-0.2, -0.15) is 0 Å². The van der Waals surface area contributed by atoms with Crippen LogP contribution in [-0.2, 0) is 19.1 Å². The van der Waals surface area contributed by atoms with E-state index in [0.29, 0.717) is 28.0 Å². The molecule has 0 unspecified atom stereocenters. The van der Waals surface area contributed by atoms with Crippen LogP contribution in [0, 0.1) is 0 Å². The third-order valence-electron chi connectivity index (χ3n) is 6.45. The number of carbonyl (C=O) groups is 2. The number of thioether (sulfide) groups is 1. The Labute approximate surface area is 225 Å². The van der Waals surface area contributed by atoms with Crippen LogP contribution >= 0.6 is 23.4 Å². The van der Waals surface area contributed by atoms with Crippen molar-refractivity contribution in [2.24, 2.45) is 4.99 Å². The van der Waals surface area contributed by atoms with Crippen LogP contribution in [0.5, 0.6) is 0 Å². The summed E-state index contributed by atoms with van der Waals surface area (Å²) < 4.78 is 11.2. The van der Waals surface area contributed by atoms with E-state index >= 15 is 0 Å². The van der Waals surface area contributed by atoms with Crippen LogP contribution in [0.3, 0.4) is 0 Å². The van der Waals surface area contributed by atoms with Crippen molar-refractivity contribution >= 4 is 46.1 Å². The second-order valence-electron chi connectivity index (χ2n) is 8.88. The smallest absolute Gasteiger partial charge is 0.338 e. The molecule has 0 aliphatic carbocycles. The van der Waals surface area contributed by atoms with Gasteiger partial charge in [0.15, 0.2) is 5.17 Å². The molecule has 9 heteroatoms. The highest BCUT2D eigenvalue weighted by Gasteiger charge is 2.43. The predicted octanol–water partition coefficient (Wildman–Crippen LogP) is 5.30. The second kappa shape index (κ2) is 11.5. The molecular formula is C28H28ClN3O4S. The van der Waals surface area contributed by atoms with Crippen LogP contribution in [0.15, 0.2) is 76.3 Å². The molecular weight excluding hydrogens is 510 g/mol. The van der Waals surface area contributed by atoms with Gasteiger partial charge < -0.3 is 19.7 Å². The average molecular weight is 538 g/mol. The molecule has 3 aliphatic heterocycles. The first-order valence-corrected chi connectivity index (χ1v) is 13.7. The molecule has 0 radical (unpaired) electrons. The summed E-state index contributed by atoms with van der Waals surface area (Å²) in [6.45, 7) is 3.22. The number of halogens is 1. The summed E-state index contributed by atoms with van der Waals surface area (Å²) in [4.78, 5) is 33.3. The van der Waals surface area contributed by atoms with Crippen LogP contribution in [0.1, 0.15) is 43.4 Å². The Morgan fingerprint density at radius 3 is 2.70 bits per heavy atom. The minimum atomic E-state index is -0.609. The molecule has 1 N–H and O–H groups in total. The molecule has 5 rings (SSSR count). The highest BCUT2D eigenvalue weighted by molar-refractivity contribution is 8.16. The molecule has 0 spiro atoms. The van der Waals surface area contributed by atoms with E-state index in [4.69, 9.17) is 26.1 Å². The number of rotatable bonds is 8. The van der Waals surface area contributed by atoms with Gasteiger partial charge in [0.05, 0.1) is 36.4 Å². The van der Waals surface area contributed by atoms with Gasteiger partial charge in [0.25, 0.3) is 0 Å². The lowest BCUT2D eigenvalue weighted by molar-refractivity contribution is -0.139. The highest BCUT2D eigenvalue weighted by Crippen LogP contribution is 2.48. The minimum absolute atomic E-state index is 0.0608. The maximum Gasteiger partial charge on any atom is 0.338 e. The molecule has 3 heterocycles. The van der Waals surface area contributed by atoms with Gasteiger partial charge in [-0.05, 0) is 36.8 Å². The van der Waals surface area contributed by atoms with E-state index in [-0.39, 0.29) is 25.0 Å². The zero-order chi connectivity index (χ0) is 25.8. The number of benzene rings is 2. The van der Waals surface area contributed by atoms with Gasteiger partial charge in [-0.3, -0.25) is 4.79 Å². The van der Waals surface area contributed by atoms with E-state index in [1.165, 1.54) is 11.8 Å². The number of ether oxygens (including phenoxy) is 2. The fraction of sp³-hybridized carbons (Fsp3) is 0.321. The van der Waals surface area contributed by atoms with Crippen LogP contribution in [-0.4, -0.2) is 47.8 Å². The second-order valence-corrected chi connectivity index (χ2v) is 10.1. The van der Waals surface area contributed by atoms with Crippen molar-refractivity contribution in [3.05, 3.63) is 87.4 Å². The third kappa shape index (κ3) is 5.46. The summed E-state index contributed by atoms with van der Waals surface area (Å²) in [5.74, 6) is -0.579. The van der Waals surface area contributed by atoms with E-state index < -0.39 is 12.0 Å². The molecule has 1 saturated heterocycles. The molecule has 7 nitrogen and oxygen atoms in total.